The summed E-state index contributed by atoms with van der Waals surface area (Å²) in [5.74, 6) is -1.20. The molecule has 8 nitrogen and oxygen atoms in total. The van der Waals surface area contributed by atoms with E-state index in [0.29, 0.717) is 38.2 Å². The van der Waals surface area contributed by atoms with Crippen molar-refractivity contribution in [1.29, 1.82) is 0 Å². The highest BCUT2D eigenvalue weighted by molar-refractivity contribution is 9.10. The van der Waals surface area contributed by atoms with Crippen LogP contribution >= 0.6 is 50.9 Å². The maximum atomic E-state index is 13.5. The number of imide groups is 1. The lowest BCUT2D eigenvalue weighted by Gasteiger charge is -2.16. The van der Waals surface area contributed by atoms with Crippen LogP contribution in [0.1, 0.15) is 22.3 Å². The first-order chi connectivity index (χ1) is 21.6. The van der Waals surface area contributed by atoms with E-state index in [1.165, 1.54) is 31.0 Å². The van der Waals surface area contributed by atoms with Gasteiger partial charge in [-0.05, 0) is 88.2 Å². The molecule has 0 saturated carbocycles. The van der Waals surface area contributed by atoms with Crippen LogP contribution in [0.25, 0.3) is 6.08 Å². The lowest BCUT2D eigenvalue weighted by atomic mass is 10.1. The number of benzene rings is 4. The van der Waals surface area contributed by atoms with Crippen LogP contribution in [0.3, 0.4) is 0 Å². The number of carbonyl (C=O) groups is 4. The van der Waals surface area contributed by atoms with E-state index >= 15 is 0 Å². The Kier molecular flexibility index (Phi) is 10.3. The molecule has 2 N–H and O–H groups in total. The second-order valence-electron chi connectivity index (χ2n) is 9.73. The highest BCUT2D eigenvalue weighted by Gasteiger charge is 2.40. The van der Waals surface area contributed by atoms with E-state index in [0.717, 1.165) is 9.37 Å². The number of thioether (sulfide) groups is 1. The third-order valence-electron chi connectivity index (χ3n) is 6.65. The molecule has 0 bridgehead atoms. The normalized spacial score (nSPS) is 14.8. The van der Waals surface area contributed by atoms with Gasteiger partial charge < -0.3 is 15.4 Å². The lowest BCUT2D eigenvalue weighted by Crippen LogP contribution is -2.31. The standard InChI is InChI=1S/C33H24BrCl2N3O5S/c1-44-28-15-19(10-12-24(28)34)14-27(38-31(41)20-6-3-2-4-7-20)32(42)37-21-8-5-9-23(16-21)45-29-18-30(40)39(33(29)43)22-11-13-25(35)26(36)17-22/h2-17,29H,18H2,1H3,(H,37,42)(H,38,41)/b27-14-/t29-/m1/s1. The number of carbonyl (C=O) groups excluding carboxylic acids is 4. The topological polar surface area (TPSA) is 105 Å². The van der Waals surface area contributed by atoms with E-state index in [1.54, 1.807) is 84.9 Å². The average Bonchev–Trinajstić information content (AvgIpc) is 3.31. The van der Waals surface area contributed by atoms with Crippen molar-refractivity contribution in [2.75, 3.05) is 17.3 Å². The number of ether oxygens (including phenoxy) is 1. The van der Waals surface area contributed by atoms with Gasteiger partial charge in [-0.15, -0.1) is 11.8 Å². The van der Waals surface area contributed by atoms with Crippen molar-refractivity contribution in [3.63, 3.8) is 0 Å². The minimum absolute atomic E-state index is 0.000110. The zero-order chi connectivity index (χ0) is 32.1. The molecule has 1 aliphatic heterocycles. The lowest BCUT2D eigenvalue weighted by molar-refractivity contribution is -0.121. The predicted molar refractivity (Wildman–Crippen MR) is 181 cm³/mol. The Morgan fingerprint density at radius 1 is 0.956 bits per heavy atom. The van der Waals surface area contributed by atoms with Crippen molar-refractivity contribution in [3.8, 4) is 5.75 Å². The molecule has 4 aromatic carbocycles. The molecule has 0 unspecified atom stereocenters. The number of methoxy groups -OCH3 is 1. The SMILES string of the molecule is COc1cc(/C=C(\NC(=O)c2ccccc2)C(=O)Nc2cccc(S[C@@H]3CC(=O)N(c4ccc(Cl)c(Cl)c4)C3=O)c2)ccc1Br. The van der Waals surface area contributed by atoms with Crippen molar-refractivity contribution < 1.29 is 23.9 Å². The predicted octanol–water partition coefficient (Wildman–Crippen LogP) is 7.60. The van der Waals surface area contributed by atoms with Crippen LogP contribution in [-0.4, -0.2) is 36.0 Å². The summed E-state index contributed by atoms with van der Waals surface area (Å²) < 4.78 is 6.11. The fourth-order valence-electron chi connectivity index (χ4n) is 4.48. The number of anilines is 2. The minimum atomic E-state index is -0.675. The Morgan fingerprint density at radius 3 is 2.47 bits per heavy atom. The van der Waals surface area contributed by atoms with Gasteiger partial charge in [0.05, 0.1) is 32.6 Å². The summed E-state index contributed by atoms with van der Waals surface area (Å²) in [7, 11) is 1.53. The molecule has 4 aromatic rings. The number of amides is 4. The molecule has 0 aliphatic carbocycles. The molecule has 5 rings (SSSR count). The van der Waals surface area contributed by atoms with Crippen LogP contribution in [0, 0.1) is 0 Å². The third kappa shape index (κ3) is 7.77. The molecule has 228 valence electrons. The van der Waals surface area contributed by atoms with Crippen molar-refractivity contribution in [1.82, 2.24) is 5.32 Å². The van der Waals surface area contributed by atoms with Gasteiger partial charge in [0.25, 0.3) is 11.8 Å². The van der Waals surface area contributed by atoms with Gasteiger partial charge in [-0.2, -0.15) is 0 Å². The van der Waals surface area contributed by atoms with E-state index in [1.807, 2.05) is 0 Å². The van der Waals surface area contributed by atoms with Crippen LogP contribution in [0.5, 0.6) is 5.75 Å². The van der Waals surface area contributed by atoms with Gasteiger partial charge in [0.2, 0.25) is 11.8 Å². The van der Waals surface area contributed by atoms with Gasteiger partial charge >= 0.3 is 0 Å². The monoisotopic (exact) mass is 723 g/mol. The Hall–Kier alpha value is -4.09. The van der Waals surface area contributed by atoms with Crippen molar-refractivity contribution in [3.05, 3.63) is 122 Å². The maximum absolute atomic E-state index is 13.5. The Labute approximate surface area is 281 Å². The van der Waals surface area contributed by atoms with E-state index in [9.17, 15) is 19.2 Å². The second-order valence-corrected chi connectivity index (χ2v) is 12.7. The minimum Gasteiger partial charge on any atom is -0.496 e. The number of hydrogen-bond acceptors (Lipinski definition) is 6. The molecular weight excluding hydrogens is 701 g/mol. The highest BCUT2D eigenvalue weighted by Crippen LogP contribution is 2.36. The van der Waals surface area contributed by atoms with Crippen molar-refractivity contribution >= 4 is 92.0 Å². The summed E-state index contributed by atoms with van der Waals surface area (Å²) in [6, 6.07) is 25.3. The molecule has 1 atom stereocenters. The van der Waals surface area contributed by atoms with Crippen LogP contribution < -0.4 is 20.3 Å². The van der Waals surface area contributed by atoms with Crippen LogP contribution in [-0.2, 0) is 14.4 Å². The van der Waals surface area contributed by atoms with Crippen LogP contribution in [0.15, 0.2) is 106 Å². The zero-order valence-electron chi connectivity index (χ0n) is 23.6. The van der Waals surface area contributed by atoms with E-state index < -0.39 is 17.1 Å². The first-order valence-electron chi connectivity index (χ1n) is 13.4. The first kappa shape index (κ1) is 32.3. The summed E-state index contributed by atoms with van der Waals surface area (Å²) >= 11 is 16.7. The van der Waals surface area contributed by atoms with Gasteiger partial charge in [-0.3, -0.25) is 19.2 Å². The van der Waals surface area contributed by atoms with Crippen LogP contribution in [0.4, 0.5) is 11.4 Å². The average molecular weight is 725 g/mol. The van der Waals surface area contributed by atoms with E-state index in [2.05, 4.69) is 26.6 Å². The van der Waals surface area contributed by atoms with E-state index in [4.69, 9.17) is 27.9 Å². The molecule has 1 saturated heterocycles. The van der Waals surface area contributed by atoms with E-state index in [-0.39, 0.29) is 29.0 Å². The fourth-order valence-corrected chi connectivity index (χ4v) is 6.29. The molecular formula is C33H24BrCl2N3O5S. The number of nitrogens with one attached hydrogen (secondary N) is 2. The molecule has 1 heterocycles. The van der Waals surface area contributed by atoms with Gasteiger partial charge in [-0.25, -0.2) is 4.90 Å². The van der Waals surface area contributed by atoms with Crippen LogP contribution in [0.2, 0.25) is 10.0 Å². The number of halogens is 3. The van der Waals surface area contributed by atoms with Gasteiger partial charge in [-0.1, -0.05) is 53.5 Å². The zero-order valence-corrected chi connectivity index (χ0v) is 27.5. The summed E-state index contributed by atoms with van der Waals surface area (Å²) in [6.07, 6.45) is 1.54. The highest BCUT2D eigenvalue weighted by atomic mass is 79.9. The summed E-state index contributed by atoms with van der Waals surface area (Å²) in [4.78, 5) is 54.3. The summed E-state index contributed by atoms with van der Waals surface area (Å²) in [6.45, 7) is 0. The third-order valence-corrected chi connectivity index (χ3v) is 9.22. The first-order valence-corrected chi connectivity index (χ1v) is 15.9. The van der Waals surface area contributed by atoms with Gasteiger partial charge in [0.1, 0.15) is 11.4 Å². The van der Waals surface area contributed by atoms with Crippen molar-refractivity contribution in [2.24, 2.45) is 0 Å². The quantitative estimate of drug-likeness (QED) is 0.136. The molecule has 0 spiro atoms. The van der Waals surface area contributed by atoms with Gasteiger partial charge in [0.15, 0.2) is 0 Å². The summed E-state index contributed by atoms with van der Waals surface area (Å²) in [5.41, 5.74) is 1.78. The fraction of sp³-hybridized carbons (Fsp3) is 0.0909. The Morgan fingerprint density at radius 2 is 1.73 bits per heavy atom. The Balaban J connectivity index is 1.35. The largest absolute Gasteiger partial charge is 0.496 e. The molecule has 0 aromatic heterocycles. The van der Waals surface area contributed by atoms with Crippen molar-refractivity contribution in [2.45, 2.75) is 16.6 Å². The number of nitrogens with zero attached hydrogens (tertiary/aromatic N) is 1. The summed E-state index contributed by atoms with van der Waals surface area (Å²) in [5, 5.41) is 5.42. The molecule has 4 amide bonds. The number of hydrogen-bond donors (Lipinski definition) is 2. The van der Waals surface area contributed by atoms with Gasteiger partial charge in [0, 0.05) is 22.6 Å². The molecule has 0 radical (unpaired) electrons. The smallest absolute Gasteiger partial charge is 0.272 e. The Bertz CT molecular complexity index is 1840. The molecule has 12 heteroatoms. The maximum Gasteiger partial charge on any atom is 0.272 e. The number of rotatable bonds is 9. The molecule has 1 fully saturated rings. The molecule has 1 aliphatic rings. The second kappa shape index (κ2) is 14.3. The molecule has 45 heavy (non-hydrogen) atoms.